The van der Waals surface area contributed by atoms with E-state index in [9.17, 15) is 4.79 Å². The number of ether oxygens (including phenoxy) is 1. The predicted octanol–water partition coefficient (Wildman–Crippen LogP) is 3.04. The van der Waals surface area contributed by atoms with E-state index >= 15 is 0 Å². The topological polar surface area (TPSA) is 46.5 Å². The zero-order chi connectivity index (χ0) is 12.2. The van der Waals surface area contributed by atoms with Gasteiger partial charge in [-0.15, -0.1) is 11.8 Å². The van der Waals surface area contributed by atoms with E-state index in [0.29, 0.717) is 0 Å². The molecule has 0 saturated heterocycles. The molecule has 0 aliphatic rings. The lowest BCUT2D eigenvalue weighted by Gasteiger charge is -2.21. The number of carboxylic acid groups (broad SMARTS) is 1. The van der Waals surface area contributed by atoms with Crippen LogP contribution in [-0.2, 0) is 4.79 Å². The average Bonchev–Trinajstić information content (AvgIpc) is 2.15. The second-order valence-electron chi connectivity index (χ2n) is 4.11. The molecule has 88 valence electrons. The highest BCUT2D eigenvalue weighted by Gasteiger charge is 2.23. The van der Waals surface area contributed by atoms with Crippen LogP contribution in [0.3, 0.4) is 0 Å². The molecule has 0 amide bonds. The molecule has 0 saturated carbocycles. The number of benzene rings is 1. The lowest BCUT2D eigenvalue weighted by Crippen LogP contribution is -2.19. The smallest absolute Gasteiger partial charge is 0.304 e. The highest BCUT2D eigenvalue weighted by molar-refractivity contribution is 8.00. The number of carbonyl (C=O) groups is 1. The van der Waals surface area contributed by atoms with Crippen molar-refractivity contribution in [3.63, 3.8) is 0 Å². The molecule has 0 aromatic heterocycles. The van der Waals surface area contributed by atoms with E-state index in [-0.39, 0.29) is 11.2 Å². The Kier molecular flexibility index (Phi) is 4.24. The Morgan fingerprint density at radius 3 is 2.75 bits per heavy atom. The standard InChI is InChI=1S/C12H16O3S/c1-12(2,8-11(13)14)16-10-6-4-5-9(7-10)15-3/h4-7H,8H2,1-3H3,(H,13,14). The Hall–Kier alpha value is -1.16. The van der Waals surface area contributed by atoms with Crippen LogP contribution in [0.5, 0.6) is 5.75 Å². The molecule has 0 bridgehead atoms. The Morgan fingerprint density at radius 1 is 1.50 bits per heavy atom. The maximum Gasteiger partial charge on any atom is 0.304 e. The van der Waals surface area contributed by atoms with Crippen LogP contribution in [0, 0.1) is 0 Å². The van der Waals surface area contributed by atoms with E-state index < -0.39 is 5.97 Å². The van der Waals surface area contributed by atoms with Crippen molar-refractivity contribution in [3.8, 4) is 5.75 Å². The van der Waals surface area contributed by atoms with Crippen LogP contribution in [-0.4, -0.2) is 22.9 Å². The lowest BCUT2D eigenvalue weighted by atomic mass is 10.1. The molecule has 0 spiro atoms. The molecule has 0 fully saturated rings. The molecule has 1 rings (SSSR count). The Morgan fingerprint density at radius 2 is 2.19 bits per heavy atom. The first-order valence-corrected chi connectivity index (χ1v) is 5.79. The zero-order valence-corrected chi connectivity index (χ0v) is 10.5. The summed E-state index contributed by atoms with van der Waals surface area (Å²) in [6.07, 6.45) is 0.134. The maximum atomic E-state index is 10.7. The third-order valence-electron chi connectivity index (χ3n) is 2.01. The van der Waals surface area contributed by atoms with Crippen molar-refractivity contribution in [2.45, 2.75) is 29.9 Å². The number of aliphatic carboxylic acids is 1. The largest absolute Gasteiger partial charge is 0.497 e. The fourth-order valence-corrected chi connectivity index (χ4v) is 2.54. The van der Waals surface area contributed by atoms with Gasteiger partial charge in [-0.2, -0.15) is 0 Å². The van der Waals surface area contributed by atoms with Gasteiger partial charge >= 0.3 is 5.97 Å². The Bertz CT molecular complexity index is 374. The van der Waals surface area contributed by atoms with Gasteiger partial charge in [0.05, 0.1) is 13.5 Å². The summed E-state index contributed by atoms with van der Waals surface area (Å²) in [5.74, 6) is 0.0107. The molecule has 0 unspecified atom stereocenters. The number of hydrogen-bond donors (Lipinski definition) is 1. The van der Waals surface area contributed by atoms with Gasteiger partial charge in [0.2, 0.25) is 0 Å². The summed E-state index contributed by atoms with van der Waals surface area (Å²) < 4.78 is 4.80. The number of hydrogen-bond acceptors (Lipinski definition) is 3. The summed E-state index contributed by atoms with van der Waals surface area (Å²) in [4.78, 5) is 11.7. The van der Waals surface area contributed by atoms with Crippen LogP contribution >= 0.6 is 11.8 Å². The molecule has 0 atom stereocenters. The van der Waals surface area contributed by atoms with Crippen molar-refractivity contribution >= 4 is 17.7 Å². The molecule has 1 aromatic rings. The van der Waals surface area contributed by atoms with Crippen molar-refractivity contribution in [1.82, 2.24) is 0 Å². The highest BCUT2D eigenvalue weighted by atomic mass is 32.2. The lowest BCUT2D eigenvalue weighted by molar-refractivity contribution is -0.137. The van der Waals surface area contributed by atoms with Crippen LogP contribution in [0.4, 0.5) is 0 Å². The van der Waals surface area contributed by atoms with E-state index in [1.807, 2.05) is 38.1 Å². The maximum absolute atomic E-state index is 10.7. The SMILES string of the molecule is COc1cccc(SC(C)(C)CC(=O)O)c1. The minimum Gasteiger partial charge on any atom is -0.497 e. The van der Waals surface area contributed by atoms with E-state index in [1.54, 1.807) is 18.9 Å². The summed E-state index contributed by atoms with van der Waals surface area (Å²) in [6.45, 7) is 3.84. The van der Waals surface area contributed by atoms with Crippen molar-refractivity contribution in [1.29, 1.82) is 0 Å². The molecule has 16 heavy (non-hydrogen) atoms. The van der Waals surface area contributed by atoms with Gasteiger partial charge < -0.3 is 9.84 Å². The van der Waals surface area contributed by atoms with Crippen LogP contribution < -0.4 is 4.74 Å². The number of methoxy groups -OCH3 is 1. The van der Waals surface area contributed by atoms with E-state index in [2.05, 4.69) is 0 Å². The van der Waals surface area contributed by atoms with Gasteiger partial charge in [-0.25, -0.2) is 0 Å². The monoisotopic (exact) mass is 240 g/mol. The average molecular weight is 240 g/mol. The van der Waals surface area contributed by atoms with Crippen molar-refractivity contribution in [2.75, 3.05) is 7.11 Å². The third-order valence-corrected chi connectivity index (χ3v) is 3.20. The first-order chi connectivity index (χ1) is 7.43. The summed E-state index contributed by atoms with van der Waals surface area (Å²) in [5.41, 5.74) is 0. The minimum atomic E-state index is -0.777. The van der Waals surface area contributed by atoms with Crippen molar-refractivity contribution in [3.05, 3.63) is 24.3 Å². The predicted molar refractivity (Wildman–Crippen MR) is 65.2 cm³/mol. The number of carboxylic acids is 1. The van der Waals surface area contributed by atoms with Gasteiger partial charge in [0.25, 0.3) is 0 Å². The molecule has 0 aliphatic carbocycles. The Balaban J connectivity index is 2.75. The Labute approximate surface area is 99.8 Å². The van der Waals surface area contributed by atoms with E-state index in [4.69, 9.17) is 9.84 Å². The van der Waals surface area contributed by atoms with Crippen LogP contribution in [0.2, 0.25) is 0 Å². The van der Waals surface area contributed by atoms with Gasteiger partial charge in [-0.1, -0.05) is 6.07 Å². The first-order valence-electron chi connectivity index (χ1n) is 4.98. The second-order valence-corrected chi connectivity index (χ2v) is 5.89. The summed E-state index contributed by atoms with van der Waals surface area (Å²) in [6, 6.07) is 7.64. The summed E-state index contributed by atoms with van der Waals surface area (Å²) in [7, 11) is 1.62. The molecule has 4 heteroatoms. The van der Waals surface area contributed by atoms with Crippen LogP contribution in [0.1, 0.15) is 20.3 Å². The molecular formula is C12H16O3S. The molecule has 1 aromatic carbocycles. The zero-order valence-electron chi connectivity index (χ0n) is 9.69. The molecule has 0 radical (unpaired) electrons. The molecule has 1 N–H and O–H groups in total. The fraction of sp³-hybridized carbons (Fsp3) is 0.417. The fourth-order valence-electron chi connectivity index (χ4n) is 1.38. The number of thioether (sulfide) groups is 1. The molecule has 0 heterocycles. The van der Waals surface area contributed by atoms with Crippen molar-refractivity contribution in [2.24, 2.45) is 0 Å². The number of rotatable bonds is 5. The van der Waals surface area contributed by atoms with Gasteiger partial charge in [-0.05, 0) is 32.0 Å². The summed E-state index contributed by atoms with van der Waals surface area (Å²) >= 11 is 1.54. The first kappa shape index (κ1) is 12.9. The molecular weight excluding hydrogens is 224 g/mol. The van der Waals surface area contributed by atoms with Gasteiger partial charge in [0.15, 0.2) is 0 Å². The quantitative estimate of drug-likeness (QED) is 0.803. The van der Waals surface area contributed by atoms with Crippen LogP contribution in [0.25, 0.3) is 0 Å². The van der Waals surface area contributed by atoms with Gasteiger partial charge in [-0.3, -0.25) is 4.79 Å². The van der Waals surface area contributed by atoms with Crippen molar-refractivity contribution < 1.29 is 14.6 Å². The molecule has 3 nitrogen and oxygen atoms in total. The third kappa shape index (κ3) is 4.14. The molecule has 0 aliphatic heterocycles. The van der Waals surface area contributed by atoms with Gasteiger partial charge in [0, 0.05) is 9.64 Å². The van der Waals surface area contributed by atoms with E-state index in [1.165, 1.54) is 0 Å². The van der Waals surface area contributed by atoms with Crippen LogP contribution in [0.15, 0.2) is 29.2 Å². The summed E-state index contributed by atoms with van der Waals surface area (Å²) in [5, 5.41) is 8.79. The van der Waals surface area contributed by atoms with Gasteiger partial charge in [0.1, 0.15) is 5.75 Å². The highest BCUT2D eigenvalue weighted by Crippen LogP contribution is 2.36. The second kappa shape index (κ2) is 5.25. The minimum absolute atomic E-state index is 0.134. The van der Waals surface area contributed by atoms with E-state index in [0.717, 1.165) is 10.6 Å². The normalized spacial score (nSPS) is 11.2.